The molecule has 0 saturated carbocycles. The first-order chi connectivity index (χ1) is 20.0. The number of fused-ring (bicyclic) bond motifs is 2. The van der Waals surface area contributed by atoms with E-state index in [2.05, 4.69) is 0 Å². The molecule has 6 rings (SSSR count). The van der Waals surface area contributed by atoms with E-state index in [1.807, 2.05) is 103 Å². The summed E-state index contributed by atoms with van der Waals surface area (Å²) in [5.41, 5.74) is 3.54. The number of benzene rings is 4. The van der Waals surface area contributed by atoms with Crippen molar-refractivity contribution >= 4 is 34.2 Å². The van der Waals surface area contributed by atoms with Crippen LogP contribution >= 0.6 is 11.3 Å². The second-order valence-electron chi connectivity index (χ2n) is 9.71. The molecule has 5 aromatic rings. The second kappa shape index (κ2) is 11.4. The standard InChI is InChI=1S/C34H28N2O4S/c1-3-39-33(38)30-22(2)35-34-36(31(30)28-15-9-13-25-12-7-8-14-27(25)28)32(37)29(41-34)20-23-16-18-26(19-17-23)40-21-24-10-5-4-6-11-24/h4-20,31H,3,21H2,1-2H3/b29-20-/t31-/m0/s1. The lowest BCUT2D eigenvalue weighted by molar-refractivity contribution is -0.139. The molecule has 0 radical (unpaired) electrons. The van der Waals surface area contributed by atoms with Gasteiger partial charge in [0.1, 0.15) is 12.4 Å². The van der Waals surface area contributed by atoms with Crippen molar-refractivity contribution in [2.24, 2.45) is 4.99 Å². The molecule has 7 heteroatoms. The van der Waals surface area contributed by atoms with E-state index in [0.717, 1.165) is 33.2 Å². The SMILES string of the molecule is CCOC(=O)C1=C(C)N=c2s/c(=C\c3ccc(OCc4ccccc4)cc3)c(=O)n2[C@H]1c1cccc2ccccc12. The van der Waals surface area contributed by atoms with Crippen molar-refractivity contribution in [3.05, 3.63) is 145 Å². The Morgan fingerprint density at radius 2 is 1.68 bits per heavy atom. The van der Waals surface area contributed by atoms with Crippen LogP contribution in [0, 0.1) is 0 Å². The Hall–Kier alpha value is -4.75. The lowest BCUT2D eigenvalue weighted by Gasteiger charge is -2.25. The molecule has 41 heavy (non-hydrogen) atoms. The molecule has 6 nitrogen and oxygen atoms in total. The van der Waals surface area contributed by atoms with Crippen LogP contribution in [0.3, 0.4) is 0 Å². The summed E-state index contributed by atoms with van der Waals surface area (Å²) in [6.45, 7) is 4.28. The van der Waals surface area contributed by atoms with Gasteiger partial charge in [0.2, 0.25) is 0 Å². The minimum atomic E-state index is -0.660. The third-order valence-corrected chi connectivity index (χ3v) is 8.04. The molecular weight excluding hydrogens is 532 g/mol. The van der Waals surface area contributed by atoms with Crippen LogP contribution in [0.2, 0.25) is 0 Å². The molecule has 0 fully saturated rings. The number of aromatic nitrogens is 1. The predicted octanol–water partition coefficient (Wildman–Crippen LogP) is 5.53. The summed E-state index contributed by atoms with van der Waals surface area (Å²) in [6.07, 6.45) is 1.86. The highest BCUT2D eigenvalue weighted by atomic mass is 32.1. The maximum absolute atomic E-state index is 14.0. The largest absolute Gasteiger partial charge is 0.489 e. The molecule has 1 aliphatic rings. The van der Waals surface area contributed by atoms with E-state index in [0.29, 0.717) is 27.2 Å². The minimum Gasteiger partial charge on any atom is -0.489 e. The Balaban J connectivity index is 1.41. The summed E-state index contributed by atoms with van der Waals surface area (Å²) in [4.78, 5) is 32.5. The topological polar surface area (TPSA) is 69.9 Å². The highest BCUT2D eigenvalue weighted by molar-refractivity contribution is 7.07. The minimum absolute atomic E-state index is 0.203. The molecule has 0 saturated heterocycles. The second-order valence-corrected chi connectivity index (χ2v) is 10.7. The van der Waals surface area contributed by atoms with Crippen molar-refractivity contribution in [3.8, 4) is 5.75 Å². The molecule has 1 aliphatic heterocycles. The zero-order valence-corrected chi connectivity index (χ0v) is 23.6. The third-order valence-electron chi connectivity index (χ3n) is 7.06. The van der Waals surface area contributed by atoms with Gasteiger partial charge in [-0.1, -0.05) is 96.3 Å². The van der Waals surface area contributed by atoms with E-state index in [9.17, 15) is 9.59 Å². The van der Waals surface area contributed by atoms with E-state index >= 15 is 0 Å². The molecule has 0 bridgehead atoms. The lowest BCUT2D eigenvalue weighted by Crippen LogP contribution is -2.40. The van der Waals surface area contributed by atoms with Crippen LogP contribution in [-0.4, -0.2) is 17.1 Å². The number of thiazole rings is 1. The fourth-order valence-corrected chi connectivity index (χ4v) is 6.17. The molecule has 0 unspecified atom stereocenters. The van der Waals surface area contributed by atoms with Gasteiger partial charge in [-0.3, -0.25) is 9.36 Å². The van der Waals surface area contributed by atoms with Crippen LogP contribution in [0.25, 0.3) is 16.8 Å². The molecule has 1 atom stereocenters. The summed E-state index contributed by atoms with van der Waals surface area (Å²) >= 11 is 1.31. The van der Waals surface area contributed by atoms with Gasteiger partial charge in [-0.25, -0.2) is 9.79 Å². The molecule has 2 heterocycles. The molecule has 204 valence electrons. The fourth-order valence-electron chi connectivity index (χ4n) is 5.13. The van der Waals surface area contributed by atoms with Crippen LogP contribution in [0.4, 0.5) is 0 Å². The van der Waals surface area contributed by atoms with Crippen LogP contribution in [0.1, 0.15) is 36.6 Å². The van der Waals surface area contributed by atoms with Gasteiger partial charge in [-0.2, -0.15) is 0 Å². The monoisotopic (exact) mass is 560 g/mol. The maximum Gasteiger partial charge on any atom is 0.338 e. The number of hydrogen-bond acceptors (Lipinski definition) is 6. The summed E-state index contributed by atoms with van der Waals surface area (Å²) in [5, 5.41) is 2.00. The Bertz CT molecular complexity index is 1950. The van der Waals surface area contributed by atoms with Crippen molar-refractivity contribution in [1.29, 1.82) is 0 Å². The van der Waals surface area contributed by atoms with Gasteiger partial charge in [0, 0.05) is 0 Å². The molecule has 0 spiro atoms. The van der Waals surface area contributed by atoms with Crippen LogP contribution in [0.15, 0.2) is 118 Å². The number of allylic oxidation sites excluding steroid dienone is 1. The Labute approximate surface area is 241 Å². The Morgan fingerprint density at radius 3 is 2.46 bits per heavy atom. The van der Waals surface area contributed by atoms with Crippen LogP contribution in [0.5, 0.6) is 5.75 Å². The first kappa shape index (κ1) is 26.5. The summed E-state index contributed by atoms with van der Waals surface area (Å²) in [7, 11) is 0. The number of rotatable bonds is 7. The summed E-state index contributed by atoms with van der Waals surface area (Å²) < 4.78 is 13.5. The van der Waals surface area contributed by atoms with E-state index in [1.54, 1.807) is 18.4 Å². The Kier molecular flexibility index (Phi) is 7.35. The average Bonchev–Trinajstić information content (AvgIpc) is 3.30. The number of ether oxygens (including phenoxy) is 2. The fraction of sp³-hybridized carbons (Fsp3) is 0.147. The number of hydrogen-bond donors (Lipinski definition) is 0. The zero-order valence-electron chi connectivity index (χ0n) is 22.7. The van der Waals surface area contributed by atoms with E-state index in [4.69, 9.17) is 14.5 Å². The van der Waals surface area contributed by atoms with E-state index < -0.39 is 12.0 Å². The number of esters is 1. The lowest BCUT2D eigenvalue weighted by atomic mass is 9.91. The van der Waals surface area contributed by atoms with Crippen LogP contribution in [-0.2, 0) is 16.1 Å². The van der Waals surface area contributed by atoms with Gasteiger partial charge in [0.25, 0.3) is 5.56 Å². The quantitative estimate of drug-likeness (QED) is 0.246. The van der Waals surface area contributed by atoms with Gasteiger partial charge in [-0.15, -0.1) is 0 Å². The van der Waals surface area contributed by atoms with Gasteiger partial charge >= 0.3 is 5.97 Å². The average molecular weight is 561 g/mol. The normalized spacial score (nSPS) is 15.0. The molecule has 4 aromatic carbocycles. The zero-order chi connectivity index (χ0) is 28.3. The molecule has 0 amide bonds. The first-order valence-electron chi connectivity index (χ1n) is 13.5. The maximum atomic E-state index is 14.0. The third kappa shape index (κ3) is 5.24. The molecule has 0 N–H and O–H groups in total. The summed E-state index contributed by atoms with van der Waals surface area (Å²) in [6, 6.07) is 30.9. The first-order valence-corrected chi connectivity index (χ1v) is 14.3. The van der Waals surface area contributed by atoms with Crippen LogP contribution < -0.4 is 19.6 Å². The van der Waals surface area contributed by atoms with Gasteiger partial charge in [-0.05, 0) is 59.5 Å². The number of nitrogens with zero attached hydrogens (tertiary/aromatic N) is 2. The smallest absolute Gasteiger partial charge is 0.338 e. The van der Waals surface area contributed by atoms with E-state index in [-0.39, 0.29) is 12.2 Å². The van der Waals surface area contributed by atoms with E-state index in [1.165, 1.54) is 11.3 Å². The highest BCUT2D eigenvalue weighted by Crippen LogP contribution is 2.34. The Morgan fingerprint density at radius 1 is 0.951 bits per heavy atom. The van der Waals surface area contributed by atoms with Crippen molar-refractivity contribution in [3.63, 3.8) is 0 Å². The molecule has 1 aromatic heterocycles. The van der Waals surface area contributed by atoms with Crippen molar-refractivity contribution in [2.75, 3.05) is 6.61 Å². The molecule has 0 aliphatic carbocycles. The van der Waals surface area contributed by atoms with Crippen molar-refractivity contribution in [1.82, 2.24) is 4.57 Å². The van der Waals surface area contributed by atoms with Gasteiger partial charge in [0.15, 0.2) is 4.80 Å². The molecular formula is C34H28N2O4S. The summed E-state index contributed by atoms with van der Waals surface area (Å²) in [5.74, 6) is 0.283. The van der Waals surface area contributed by atoms with Gasteiger partial charge in [0.05, 0.1) is 28.5 Å². The number of carbonyl (C=O) groups is 1. The predicted molar refractivity (Wildman–Crippen MR) is 162 cm³/mol. The van der Waals surface area contributed by atoms with Crippen molar-refractivity contribution in [2.45, 2.75) is 26.5 Å². The highest BCUT2D eigenvalue weighted by Gasteiger charge is 2.34. The van der Waals surface area contributed by atoms with Crippen molar-refractivity contribution < 1.29 is 14.3 Å². The van der Waals surface area contributed by atoms with Gasteiger partial charge < -0.3 is 9.47 Å². The number of carbonyl (C=O) groups excluding carboxylic acids is 1.